The first-order chi connectivity index (χ1) is 26.8. The molecule has 4 heterocycles. The first-order valence-corrected chi connectivity index (χ1v) is 18.1. The minimum absolute atomic E-state index is 0. The van der Waals surface area contributed by atoms with Crippen LogP contribution in [0.3, 0.4) is 0 Å². The second kappa shape index (κ2) is 22.3. The quantitative estimate of drug-likeness (QED) is 0.228. The molecule has 0 spiro atoms. The Bertz CT molecular complexity index is 2180. The molecular weight excluding hydrogens is 875 g/mol. The van der Waals surface area contributed by atoms with Gasteiger partial charge in [-0.3, -0.25) is 4.79 Å². The van der Waals surface area contributed by atoms with Crippen LogP contribution >= 0.6 is 0 Å². The average Bonchev–Trinajstić information content (AvgIpc) is 3.33. The molecule has 12 nitrogen and oxygen atoms in total. The third-order valence-electron chi connectivity index (χ3n) is 8.82. The molecule has 0 saturated carbocycles. The number of para-hydroxylation sites is 4. The molecule has 14 heteroatoms. The van der Waals surface area contributed by atoms with Crippen LogP contribution in [-0.4, -0.2) is 42.8 Å². The summed E-state index contributed by atoms with van der Waals surface area (Å²) in [4.78, 5) is 52.4. The minimum atomic E-state index is -0.833. The van der Waals surface area contributed by atoms with Crippen molar-refractivity contribution >= 4 is 52.4 Å². The molecule has 0 aliphatic carbocycles. The van der Waals surface area contributed by atoms with Crippen LogP contribution in [-0.2, 0) is 25.2 Å². The van der Waals surface area contributed by atoms with Gasteiger partial charge < -0.3 is 36.0 Å². The molecule has 0 atom stereocenters. The van der Waals surface area contributed by atoms with Crippen LogP contribution in [0.5, 0.6) is 0 Å². The molecule has 4 aromatic carbocycles. The Morgan fingerprint density at radius 1 is 0.569 bits per heavy atom. The zero-order chi connectivity index (χ0) is 40.5. The van der Waals surface area contributed by atoms with Gasteiger partial charge in [0.1, 0.15) is 0 Å². The maximum absolute atomic E-state index is 12.6. The Hall–Kier alpha value is -3.34. The van der Waals surface area contributed by atoms with E-state index in [1.807, 2.05) is 151 Å². The topological polar surface area (TPSA) is 175 Å². The van der Waals surface area contributed by atoms with E-state index in [-0.39, 0.29) is 128 Å². The van der Waals surface area contributed by atoms with Crippen LogP contribution < -0.4 is 127 Å². The van der Waals surface area contributed by atoms with Crippen LogP contribution in [0.4, 0.5) is 34.6 Å². The molecule has 6 aromatic rings. The summed E-state index contributed by atoms with van der Waals surface area (Å²) in [6, 6.07) is 34.6. The number of nitrogens with one attached hydrogen (secondary N) is 2. The molecule has 0 unspecified atom stereocenters. The number of hydrogen-bond donors (Lipinski definition) is 3. The van der Waals surface area contributed by atoms with Crippen molar-refractivity contribution in [1.29, 1.82) is 0 Å². The van der Waals surface area contributed by atoms with Gasteiger partial charge in [0.25, 0.3) is 5.97 Å². The van der Waals surface area contributed by atoms with E-state index in [1.54, 1.807) is 12.4 Å². The van der Waals surface area contributed by atoms with E-state index in [2.05, 4.69) is 31.2 Å². The van der Waals surface area contributed by atoms with Gasteiger partial charge in [-0.15, -0.1) is 11.4 Å². The zero-order valence-corrected chi connectivity index (χ0v) is 44.2. The van der Waals surface area contributed by atoms with Gasteiger partial charge in [0.05, 0.1) is 23.2 Å². The fourth-order valence-corrected chi connectivity index (χ4v) is 5.78. The third-order valence-corrected chi connectivity index (χ3v) is 8.82. The summed E-state index contributed by atoms with van der Waals surface area (Å²) in [6.45, 7) is 12.5. The molecule has 0 radical (unpaired) electrons. The summed E-state index contributed by atoms with van der Waals surface area (Å²) in [5.74, 6) is -0.230. The SMILES string of the molecule is CC.CC(=O)O.CC1(C)C(=O)[N-]c2ccccc2-c2nc(Nc3ccccc3)ncc21.CC1(C)C(=O)[N-]c2ccccc2-c2nc(Nc3ccccc3)ncc21.[Rb+].[Rb+]. The predicted octanol–water partition coefficient (Wildman–Crippen LogP) is 4.55. The Morgan fingerprint density at radius 2 is 0.879 bits per heavy atom. The van der Waals surface area contributed by atoms with E-state index in [0.29, 0.717) is 23.3 Å². The van der Waals surface area contributed by atoms with Crippen molar-refractivity contribution in [3.8, 4) is 22.5 Å². The summed E-state index contributed by atoms with van der Waals surface area (Å²) < 4.78 is 0. The molecule has 0 bridgehead atoms. The maximum Gasteiger partial charge on any atom is 1.00 e. The van der Waals surface area contributed by atoms with E-state index in [0.717, 1.165) is 51.9 Å². The van der Waals surface area contributed by atoms with Gasteiger partial charge >= 0.3 is 116 Å². The molecular formula is C44H44N8O4Rb2. The smallest absolute Gasteiger partial charge is 0.626 e. The molecule has 286 valence electrons. The number of nitrogens with zero attached hydrogens (tertiary/aromatic N) is 6. The predicted molar refractivity (Wildman–Crippen MR) is 221 cm³/mol. The van der Waals surface area contributed by atoms with Crippen LogP contribution in [0.25, 0.3) is 33.1 Å². The van der Waals surface area contributed by atoms with Gasteiger partial charge in [0.2, 0.25) is 11.9 Å². The monoisotopic (exact) mass is 918 g/mol. The molecule has 2 aliphatic rings. The number of aromatic nitrogens is 4. The van der Waals surface area contributed by atoms with Crippen LogP contribution in [0.2, 0.25) is 0 Å². The van der Waals surface area contributed by atoms with Crippen LogP contribution in [0.15, 0.2) is 122 Å². The number of carboxylic acid groups (broad SMARTS) is 1. The summed E-state index contributed by atoms with van der Waals surface area (Å²) in [5.41, 5.74) is 6.27. The van der Waals surface area contributed by atoms with Crippen molar-refractivity contribution < 1.29 is 136 Å². The van der Waals surface area contributed by atoms with Gasteiger partial charge in [0, 0.05) is 52.6 Å². The van der Waals surface area contributed by atoms with Crippen LogP contribution in [0, 0.1) is 0 Å². The normalized spacial score (nSPS) is 13.2. The van der Waals surface area contributed by atoms with Gasteiger partial charge in [-0.25, -0.2) is 19.9 Å². The van der Waals surface area contributed by atoms with E-state index >= 15 is 0 Å². The van der Waals surface area contributed by atoms with Crippen LogP contribution in [0.1, 0.15) is 59.6 Å². The van der Waals surface area contributed by atoms with Gasteiger partial charge in [-0.1, -0.05) is 126 Å². The number of rotatable bonds is 4. The second-order valence-corrected chi connectivity index (χ2v) is 13.5. The number of carbonyl (C=O) groups is 3. The van der Waals surface area contributed by atoms with Gasteiger partial charge in [0.15, 0.2) is 0 Å². The summed E-state index contributed by atoms with van der Waals surface area (Å²) in [5, 5.41) is 22.4. The van der Waals surface area contributed by atoms with Crippen molar-refractivity contribution in [2.24, 2.45) is 0 Å². The average molecular weight is 920 g/mol. The molecule has 0 fully saturated rings. The van der Waals surface area contributed by atoms with Crippen molar-refractivity contribution in [3.05, 3.63) is 143 Å². The number of aliphatic carboxylic acids is 1. The molecule has 2 amide bonds. The van der Waals surface area contributed by atoms with Gasteiger partial charge in [-0.2, -0.15) is 0 Å². The Morgan fingerprint density at radius 3 is 1.22 bits per heavy atom. The fourth-order valence-electron chi connectivity index (χ4n) is 5.78. The number of fused-ring (bicyclic) bond motifs is 6. The first kappa shape index (κ1) is 49.0. The molecule has 8 rings (SSSR count). The number of hydrogen-bond acceptors (Lipinski definition) is 9. The van der Waals surface area contributed by atoms with Crippen molar-refractivity contribution in [3.63, 3.8) is 0 Å². The Kier molecular flexibility index (Phi) is 18.9. The molecule has 2 aromatic heterocycles. The summed E-state index contributed by atoms with van der Waals surface area (Å²) in [6.07, 6.45) is 3.45. The molecule has 2 aliphatic heterocycles. The van der Waals surface area contributed by atoms with Gasteiger partial charge in [-0.05, 0) is 35.4 Å². The molecule has 58 heavy (non-hydrogen) atoms. The Balaban J connectivity index is 0.000000266. The van der Waals surface area contributed by atoms with E-state index < -0.39 is 16.8 Å². The Labute approximate surface area is 437 Å². The van der Waals surface area contributed by atoms with Crippen molar-refractivity contribution in [1.82, 2.24) is 19.9 Å². The second-order valence-electron chi connectivity index (χ2n) is 13.5. The van der Waals surface area contributed by atoms with Crippen molar-refractivity contribution in [2.45, 2.75) is 59.3 Å². The summed E-state index contributed by atoms with van der Waals surface area (Å²) >= 11 is 0. The molecule has 3 N–H and O–H groups in total. The zero-order valence-electron chi connectivity index (χ0n) is 34.4. The minimum Gasteiger partial charge on any atom is -0.626 e. The summed E-state index contributed by atoms with van der Waals surface area (Å²) in [7, 11) is 0. The first-order valence-electron chi connectivity index (χ1n) is 18.1. The third kappa shape index (κ3) is 11.9. The maximum atomic E-state index is 12.6. The fraction of sp³-hybridized carbons (Fsp3) is 0.205. The number of anilines is 4. The number of benzene rings is 4. The number of carboxylic acids is 1. The largest absolute Gasteiger partial charge is 1.00 e. The number of amides is 2. The molecule has 0 saturated heterocycles. The van der Waals surface area contributed by atoms with Crippen molar-refractivity contribution in [2.75, 3.05) is 10.6 Å². The van der Waals surface area contributed by atoms with E-state index in [4.69, 9.17) is 19.9 Å². The van der Waals surface area contributed by atoms with E-state index in [9.17, 15) is 9.59 Å². The standard InChI is InChI=1S/2C20H18N4O.C2H4O2.C2H6.2Rb/c2*1-20(2)15-12-21-19(22-13-8-4-3-5-9-13)24-17(15)14-10-6-7-11-16(14)23-18(20)25;1-2(3)4;1-2;;/h2*3-12H,1-2H3,(H2,21,22,23,24,25);1H3,(H,3,4);1-2H3;;/q;;;;2*+1/p-2. The van der Waals surface area contributed by atoms with E-state index in [1.165, 1.54) is 0 Å². The number of carbonyl (C=O) groups excluding carboxylic acids is 2.